The van der Waals surface area contributed by atoms with E-state index >= 15 is 0 Å². The molecule has 7 nitrogen and oxygen atoms in total. The van der Waals surface area contributed by atoms with Gasteiger partial charge in [0.2, 0.25) is 15.9 Å². The molecule has 1 aliphatic heterocycles. The highest BCUT2D eigenvalue weighted by Gasteiger charge is 2.33. The second kappa shape index (κ2) is 10.2. The summed E-state index contributed by atoms with van der Waals surface area (Å²) in [5, 5.41) is 2.94. The molecule has 0 spiro atoms. The Morgan fingerprint density at radius 1 is 1.16 bits per heavy atom. The molecule has 1 saturated heterocycles. The van der Waals surface area contributed by atoms with Crippen LogP contribution < -0.4 is 14.8 Å². The fourth-order valence-electron chi connectivity index (χ4n) is 3.62. The Kier molecular flexibility index (Phi) is 7.56. The number of hydrogen-bond acceptors (Lipinski definition) is 5. The van der Waals surface area contributed by atoms with Gasteiger partial charge in [0.05, 0.1) is 24.0 Å². The molecule has 1 amide bonds. The molecule has 168 valence electrons. The lowest BCUT2D eigenvalue weighted by atomic mass is 9.98. The first-order chi connectivity index (χ1) is 14.8. The van der Waals surface area contributed by atoms with Gasteiger partial charge in [-0.15, -0.1) is 0 Å². The molecular weight excluding hydrogens is 416 g/mol. The molecule has 1 fully saturated rings. The molecule has 0 bridgehead atoms. The second-order valence-corrected chi connectivity index (χ2v) is 9.82. The number of carbonyl (C=O) groups excluding carboxylic acids is 1. The number of benzene rings is 2. The summed E-state index contributed by atoms with van der Waals surface area (Å²) >= 11 is 0. The van der Waals surface area contributed by atoms with Gasteiger partial charge in [0.1, 0.15) is 0 Å². The molecule has 0 aliphatic carbocycles. The summed E-state index contributed by atoms with van der Waals surface area (Å²) < 4.78 is 38.3. The Labute approximate surface area is 184 Å². The first-order valence-corrected chi connectivity index (χ1v) is 11.9. The number of nitrogens with zero attached hydrogens (tertiary/aromatic N) is 1. The molecule has 0 aromatic heterocycles. The summed E-state index contributed by atoms with van der Waals surface area (Å²) in [4.78, 5) is 13.0. The zero-order valence-corrected chi connectivity index (χ0v) is 19.0. The van der Waals surface area contributed by atoms with E-state index in [2.05, 4.69) is 5.32 Å². The number of amides is 1. The van der Waals surface area contributed by atoms with Crippen LogP contribution in [-0.2, 0) is 21.4 Å². The van der Waals surface area contributed by atoms with E-state index in [-0.39, 0.29) is 29.4 Å². The van der Waals surface area contributed by atoms with Crippen molar-refractivity contribution >= 4 is 15.9 Å². The van der Waals surface area contributed by atoms with Crippen LogP contribution >= 0.6 is 0 Å². The first-order valence-electron chi connectivity index (χ1n) is 10.5. The van der Waals surface area contributed by atoms with Crippen molar-refractivity contribution in [2.75, 3.05) is 20.2 Å². The monoisotopic (exact) mass is 446 g/mol. The lowest BCUT2D eigenvalue weighted by Gasteiger charge is -2.31. The molecule has 0 saturated carbocycles. The predicted molar refractivity (Wildman–Crippen MR) is 119 cm³/mol. The van der Waals surface area contributed by atoms with Crippen molar-refractivity contribution in [1.29, 1.82) is 0 Å². The van der Waals surface area contributed by atoms with Crippen molar-refractivity contribution in [3.8, 4) is 11.5 Å². The zero-order valence-electron chi connectivity index (χ0n) is 18.2. The SMILES string of the molecule is COc1cc(CNC(=O)[C@@H]2CCCN(S(=O)(=O)c3ccccc3)C2)ccc1OC(C)C. The van der Waals surface area contributed by atoms with Gasteiger partial charge >= 0.3 is 0 Å². The van der Waals surface area contributed by atoms with E-state index in [9.17, 15) is 13.2 Å². The van der Waals surface area contributed by atoms with Crippen LogP contribution in [0.1, 0.15) is 32.3 Å². The number of carbonyl (C=O) groups is 1. The second-order valence-electron chi connectivity index (χ2n) is 7.88. The molecule has 31 heavy (non-hydrogen) atoms. The first kappa shape index (κ1) is 23.1. The number of sulfonamides is 1. The predicted octanol–water partition coefficient (Wildman–Crippen LogP) is 3.20. The van der Waals surface area contributed by atoms with Crippen LogP contribution in [0.2, 0.25) is 0 Å². The number of methoxy groups -OCH3 is 1. The third-order valence-corrected chi connectivity index (χ3v) is 7.07. The molecule has 2 aromatic rings. The van der Waals surface area contributed by atoms with Gasteiger partial charge in [-0.05, 0) is 56.5 Å². The highest BCUT2D eigenvalue weighted by Crippen LogP contribution is 2.29. The quantitative estimate of drug-likeness (QED) is 0.673. The Morgan fingerprint density at radius 2 is 1.90 bits per heavy atom. The molecule has 1 atom stereocenters. The van der Waals surface area contributed by atoms with Crippen molar-refractivity contribution in [2.45, 2.75) is 44.2 Å². The lowest BCUT2D eigenvalue weighted by molar-refractivity contribution is -0.126. The topological polar surface area (TPSA) is 84.9 Å². The van der Waals surface area contributed by atoms with Gasteiger partial charge < -0.3 is 14.8 Å². The molecule has 1 N–H and O–H groups in total. The van der Waals surface area contributed by atoms with E-state index in [0.717, 1.165) is 5.56 Å². The fourth-order valence-corrected chi connectivity index (χ4v) is 5.17. The Hall–Kier alpha value is -2.58. The molecule has 3 rings (SSSR count). The summed E-state index contributed by atoms with van der Waals surface area (Å²) in [7, 11) is -2.02. The van der Waals surface area contributed by atoms with Crippen molar-refractivity contribution < 1.29 is 22.7 Å². The average Bonchev–Trinajstić information content (AvgIpc) is 2.78. The number of ether oxygens (including phenoxy) is 2. The molecule has 0 unspecified atom stereocenters. The Bertz CT molecular complexity index is 992. The van der Waals surface area contributed by atoms with Gasteiger partial charge in [-0.1, -0.05) is 24.3 Å². The van der Waals surface area contributed by atoms with Crippen LogP contribution in [0.15, 0.2) is 53.4 Å². The minimum Gasteiger partial charge on any atom is -0.493 e. The minimum absolute atomic E-state index is 0.0286. The van der Waals surface area contributed by atoms with Gasteiger partial charge in [0.25, 0.3) is 0 Å². The maximum absolute atomic E-state index is 12.9. The van der Waals surface area contributed by atoms with E-state index in [1.54, 1.807) is 37.4 Å². The van der Waals surface area contributed by atoms with Crippen molar-refractivity contribution in [1.82, 2.24) is 9.62 Å². The van der Waals surface area contributed by atoms with Gasteiger partial charge in [0.15, 0.2) is 11.5 Å². The summed E-state index contributed by atoms with van der Waals surface area (Å²) in [6.45, 7) is 4.83. The summed E-state index contributed by atoms with van der Waals surface area (Å²) in [5.74, 6) is 0.743. The highest BCUT2D eigenvalue weighted by atomic mass is 32.2. The van der Waals surface area contributed by atoms with Gasteiger partial charge in [-0.2, -0.15) is 4.31 Å². The van der Waals surface area contributed by atoms with Crippen LogP contribution in [0.25, 0.3) is 0 Å². The number of nitrogens with one attached hydrogen (secondary N) is 1. The Balaban J connectivity index is 1.62. The molecule has 1 heterocycles. The van der Waals surface area contributed by atoms with Crippen molar-refractivity contribution in [3.05, 3.63) is 54.1 Å². The maximum atomic E-state index is 12.9. The van der Waals surface area contributed by atoms with Gasteiger partial charge in [-0.25, -0.2) is 8.42 Å². The smallest absolute Gasteiger partial charge is 0.243 e. The third kappa shape index (κ3) is 5.77. The summed E-state index contributed by atoms with van der Waals surface area (Å²) in [5.41, 5.74) is 0.880. The van der Waals surface area contributed by atoms with Crippen molar-refractivity contribution in [2.24, 2.45) is 5.92 Å². The molecule has 8 heteroatoms. The third-order valence-electron chi connectivity index (χ3n) is 5.19. The van der Waals surface area contributed by atoms with Crippen LogP contribution in [0.3, 0.4) is 0 Å². The molecule has 1 aliphatic rings. The van der Waals surface area contributed by atoms with E-state index in [4.69, 9.17) is 9.47 Å². The lowest BCUT2D eigenvalue weighted by Crippen LogP contribution is -2.45. The number of rotatable bonds is 8. The minimum atomic E-state index is -3.60. The maximum Gasteiger partial charge on any atom is 0.243 e. The van der Waals surface area contributed by atoms with Gasteiger partial charge in [0, 0.05) is 19.6 Å². The number of hydrogen-bond donors (Lipinski definition) is 1. The van der Waals surface area contributed by atoms with E-state index < -0.39 is 10.0 Å². The Morgan fingerprint density at radius 3 is 2.58 bits per heavy atom. The van der Waals surface area contributed by atoms with Crippen LogP contribution in [0.4, 0.5) is 0 Å². The molecule has 2 aromatic carbocycles. The van der Waals surface area contributed by atoms with Gasteiger partial charge in [-0.3, -0.25) is 4.79 Å². The summed E-state index contributed by atoms with van der Waals surface area (Å²) in [6, 6.07) is 13.9. The fraction of sp³-hybridized carbons (Fsp3) is 0.435. The van der Waals surface area contributed by atoms with E-state index in [1.165, 1.54) is 4.31 Å². The van der Waals surface area contributed by atoms with E-state index in [1.807, 2.05) is 32.0 Å². The average molecular weight is 447 g/mol. The van der Waals surface area contributed by atoms with E-state index in [0.29, 0.717) is 37.4 Å². The summed E-state index contributed by atoms with van der Waals surface area (Å²) in [6.07, 6.45) is 1.34. The normalized spacial score (nSPS) is 17.4. The largest absolute Gasteiger partial charge is 0.493 e. The molecular formula is C23H30N2O5S. The molecule has 0 radical (unpaired) electrons. The van der Waals surface area contributed by atoms with Crippen LogP contribution in [0.5, 0.6) is 11.5 Å². The van der Waals surface area contributed by atoms with Crippen LogP contribution in [0, 0.1) is 5.92 Å². The van der Waals surface area contributed by atoms with Crippen molar-refractivity contribution in [3.63, 3.8) is 0 Å². The van der Waals surface area contributed by atoms with Crippen LogP contribution in [-0.4, -0.2) is 44.9 Å². The number of piperidine rings is 1. The standard InChI is InChI=1S/C23H30N2O5S/c1-17(2)30-21-12-11-18(14-22(21)29-3)15-24-23(26)19-8-7-13-25(16-19)31(27,28)20-9-5-4-6-10-20/h4-6,9-12,14,17,19H,7-8,13,15-16H2,1-3H3,(H,24,26)/t19-/m1/s1. The zero-order chi connectivity index (χ0) is 22.4. The highest BCUT2D eigenvalue weighted by molar-refractivity contribution is 7.89.